The highest BCUT2D eigenvalue weighted by Crippen LogP contribution is 2.36. The van der Waals surface area contributed by atoms with Gasteiger partial charge in [-0.15, -0.1) is 0 Å². The minimum atomic E-state index is -0.475. The highest BCUT2D eigenvalue weighted by molar-refractivity contribution is 7.07. The molecular formula is C16H24O2S. The SMILES string of the molecule is CCOC1(C(=O)CCc2ccsc2)CCC(C)CC1. The Labute approximate surface area is 120 Å². The van der Waals surface area contributed by atoms with Gasteiger partial charge in [-0.05, 0) is 67.3 Å². The third kappa shape index (κ3) is 3.67. The predicted octanol–water partition coefficient (Wildman–Crippen LogP) is 4.24. The number of ketones is 1. The van der Waals surface area contributed by atoms with E-state index in [9.17, 15) is 4.79 Å². The molecule has 0 aliphatic heterocycles. The van der Waals surface area contributed by atoms with E-state index in [0.29, 0.717) is 18.8 Å². The third-order valence-corrected chi connectivity index (χ3v) is 4.96. The number of Topliss-reactive ketones (excluding diaryl/α,β-unsaturated/α-hetero) is 1. The molecule has 3 heteroatoms. The summed E-state index contributed by atoms with van der Waals surface area (Å²) in [7, 11) is 0. The molecule has 1 heterocycles. The first-order valence-corrected chi connectivity index (χ1v) is 8.29. The van der Waals surface area contributed by atoms with Gasteiger partial charge in [-0.3, -0.25) is 4.79 Å². The first-order valence-electron chi connectivity index (χ1n) is 7.34. The van der Waals surface area contributed by atoms with Crippen LogP contribution < -0.4 is 0 Å². The fourth-order valence-corrected chi connectivity index (χ4v) is 3.63. The second-order valence-electron chi connectivity index (χ2n) is 5.66. The summed E-state index contributed by atoms with van der Waals surface area (Å²) in [4.78, 5) is 12.6. The van der Waals surface area contributed by atoms with Crippen LogP contribution in [0.2, 0.25) is 0 Å². The molecule has 2 nitrogen and oxygen atoms in total. The molecule has 2 rings (SSSR count). The van der Waals surface area contributed by atoms with Crippen molar-refractivity contribution in [1.29, 1.82) is 0 Å². The molecule has 0 atom stereocenters. The summed E-state index contributed by atoms with van der Waals surface area (Å²) in [6, 6.07) is 2.11. The molecule has 1 aliphatic rings. The van der Waals surface area contributed by atoms with Crippen molar-refractivity contribution in [2.75, 3.05) is 6.61 Å². The van der Waals surface area contributed by atoms with E-state index in [4.69, 9.17) is 4.74 Å². The Bertz CT molecular complexity index is 389. The molecule has 19 heavy (non-hydrogen) atoms. The van der Waals surface area contributed by atoms with E-state index in [1.807, 2.05) is 6.92 Å². The lowest BCUT2D eigenvalue weighted by Gasteiger charge is -2.38. The summed E-state index contributed by atoms with van der Waals surface area (Å²) < 4.78 is 5.90. The number of thiophene rings is 1. The zero-order valence-electron chi connectivity index (χ0n) is 12.0. The van der Waals surface area contributed by atoms with Gasteiger partial charge in [-0.2, -0.15) is 11.3 Å². The van der Waals surface area contributed by atoms with Crippen molar-refractivity contribution in [3.63, 3.8) is 0 Å². The molecule has 1 aromatic heterocycles. The Morgan fingerprint density at radius 1 is 1.47 bits per heavy atom. The molecule has 1 saturated carbocycles. The second kappa shape index (κ2) is 6.67. The van der Waals surface area contributed by atoms with E-state index >= 15 is 0 Å². The maximum Gasteiger partial charge on any atom is 0.164 e. The summed E-state index contributed by atoms with van der Waals surface area (Å²) in [5.41, 5.74) is 0.797. The normalized spacial score (nSPS) is 27.4. The monoisotopic (exact) mass is 280 g/mol. The Balaban J connectivity index is 1.96. The number of rotatable bonds is 6. The van der Waals surface area contributed by atoms with Crippen LogP contribution in [0.5, 0.6) is 0 Å². The molecule has 0 spiro atoms. The van der Waals surface area contributed by atoms with Gasteiger partial charge in [-0.1, -0.05) is 6.92 Å². The minimum absolute atomic E-state index is 0.312. The quantitative estimate of drug-likeness (QED) is 0.779. The molecule has 0 N–H and O–H groups in total. The lowest BCUT2D eigenvalue weighted by Crippen LogP contribution is -2.44. The number of aryl methyl sites for hydroxylation is 1. The standard InChI is InChI=1S/C16H24O2S/c1-3-18-16(9-6-13(2)7-10-16)15(17)5-4-14-8-11-19-12-14/h8,11-13H,3-7,9-10H2,1-2H3. The fourth-order valence-electron chi connectivity index (χ4n) is 2.93. The van der Waals surface area contributed by atoms with Crippen LogP contribution in [0, 0.1) is 5.92 Å². The minimum Gasteiger partial charge on any atom is -0.368 e. The highest BCUT2D eigenvalue weighted by Gasteiger charge is 2.40. The predicted molar refractivity (Wildman–Crippen MR) is 79.6 cm³/mol. The van der Waals surface area contributed by atoms with Gasteiger partial charge in [-0.25, -0.2) is 0 Å². The van der Waals surface area contributed by atoms with Gasteiger partial charge in [0.1, 0.15) is 5.60 Å². The van der Waals surface area contributed by atoms with E-state index in [0.717, 1.165) is 38.0 Å². The lowest BCUT2D eigenvalue weighted by atomic mass is 9.76. The zero-order chi connectivity index (χ0) is 13.7. The van der Waals surface area contributed by atoms with Crippen molar-refractivity contribution in [2.45, 2.75) is 58.0 Å². The molecule has 0 saturated heterocycles. The van der Waals surface area contributed by atoms with Crippen molar-refractivity contribution in [1.82, 2.24) is 0 Å². The van der Waals surface area contributed by atoms with E-state index in [1.165, 1.54) is 5.56 Å². The smallest absolute Gasteiger partial charge is 0.164 e. The van der Waals surface area contributed by atoms with Gasteiger partial charge in [0.2, 0.25) is 0 Å². The Morgan fingerprint density at radius 2 is 2.21 bits per heavy atom. The van der Waals surface area contributed by atoms with E-state index in [-0.39, 0.29) is 0 Å². The average molecular weight is 280 g/mol. The molecular weight excluding hydrogens is 256 g/mol. The van der Waals surface area contributed by atoms with Crippen LogP contribution in [-0.4, -0.2) is 18.0 Å². The van der Waals surface area contributed by atoms with Crippen molar-refractivity contribution in [3.05, 3.63) is 22.4 Å². The van der Waals surface area contributed by atoms with E-state index < -0.39 is 5.60 Å². The molecule has 0 amide bonds. The molecule has 0 radical (unpaired) electrons. The molecule has 0 bridgehead atoms. The maximum absolute atomic E-state index is 12.6. The van der Waals surface area contributed by atoms with Crippen molar-refractivity contribution in [3.8, 4) is 0 Å². The first-order chi connectivity index (χ1) is 9.16. The fraction of sp³-hybridized carbons (Fsp3) is 0.688. The summed E-state index contributed by atoms with van der Waals surface area (Å²) in [6.07, 6.45) is 5.52. The summed E-state index contributed by atoms with van der Waals surface area (Å²) in [5.74, 6) is 1.05. The topological polar surface area (TPSA) is 26.3 Å². The first kappa shape index (κ1) is 14.7. The van der Waals surface area contributed by atoms with Crippen molar-refractivity contribution in [2.24, 2.45) is 5.92 Å². The van der Waals surface area contributed by atoms with Gasteiger partial charge in [0.05, 0.1) is 0 Å². The largest absolute Gasteiger partial charge is 0.368 e. The van der Waals surface area contributed by atoms with Gasteiger partial charge in [0.15, 0.2) is 5.78 Å². The van der Waals surface area contributed by atoms with Crippen LogP contribution in [0.4, 0.5) is 0 Å². The summed E-state index contributed by atoms with van der Waals surface area (Å²) in [6.45, 7) is 4.90. The Morgan fingerprint density at radius 3 is 2.79 bits per heavy atom. The van der Waals surface area contributed by atoms with Crippen molar-refractivity contribution >= 4 is 17.1 Å². The van der Waals surface area contributed by atoms with Gasteiger partial charge in [0, 0.05) is 13.0 Å². The number of hydrogen-bond donors (Lipinski definition) is 0. The lowest BCUT2D eigenvalue weighted by molar-refractivity contribution is -0.150. The highest BCUT2D eigenvalue weighted by atomic mass is 32.1. The van der Waals surface area contributed by atoms with Gasteiger partial charge >= 0.3 is 0 Å². The maximum atomic E-state index is 12.6. The van der Waals surface area contributed by atoms with Crippen LogP contribution in [0.25, 0.3) is 0 Å². The van der Waals surface area contributed by atoms with Crippen LogP contribution in [0.1, 0.15) is 51.5 Å². The van der Waals surface area contributed by atoms with Gasteiger partial charge < -0.3 is 4.74 Å². The molecule has 0 unspecified atom stereocenters. The van der Waals surface area contributed by atoms with Crippen LogP contribution >= 0.6 is 11.3 Å². The zero-order valence-corrected chi connectivity index (χ0v) is 12.8. The Hall–Kier alpha value is -0.670. The number of carbonyl (C=O) groups is 1. The number of carbonyl (C=O) groups excluding carboxylic acids is 1. The third-order valence-electron chi connectivity index (χ3n) is 4.23. The summed E-state index contributed by atoms with van der Waals surface area (Å²) >= 11 is 1.69. The van der Waals surface area contributed by atoms with E-state index in [2.05, 4.69) is 23.8 Å². The average Bonchev–Trinajstić information content (AvgIpc) is 2.92. The molecule has 106 valence electrons. The Kier molecular flexibility index (Phi) is 5.17. The number of ether oxygens (including phenoxy) is 1. The number of hydrogen-bond acceptors (Lipinski definition) is 3. The van der Waals surface area contributed by atoms with E-state index in [1.54, 1.807) is 11.3 Å². The molecule has 1 aliphatic carbocycles. The van der Waals surface area contributed by atoms with Crippen LogP contribution in [0.3, 0.4) is 0 Å². The second-order valence-corrected chi connectivity index (χ2v) is 6.44. The molecule has 1 fully saturated rings. The van der Waals surface area contributed by atoms with Crippen molar-refractivity contribution < 1.29 is 9.53 Å². The van der Waals surface area contributed by atoms with Crippen LogP contribution in [-0.2, 0) is 16.0 Å². The molecule has 0 aromatic carbocycles. The molecule has 1 aromatic rings. The summed E-state index contributed by atoms with van der Waals surface area (Å²) in [5, 5.41) is 4.20. The van der Waals surface area contributed by atoms with Crippen LogP contribution in [0.15, 0.2) is 16.8 Å². The van der Waals surface area contributed by atoms with Gasteiger partial charge in [0.25, 0.3) is 0 Å².